The predicted molar refractivity (Wildman–Crippen MR) is 88.4 cm³/mol. The Morgan fingerprint density at radius 3 is 3.04 bits per heavy atom. The molecule has 1 fully saturated rings. The second-order valence-corrected chi connectivity index (χ2v) is 6.64. The van der Waals surface area contributed by atoms with E-state index in [0.29, 0.717) is 18.0 Å². The Kier molecular flexibility index (Phi) is 5.43. The lowest BCUT2D eigenvalue weighted by Crippen LogP contribution is -2.37. The summed E-state index contributed by atoms with van der Waals surface area (Å²) in [4.78, 5) is 19.5. The van der Waals surface area contributed by atoms with E-state index >= 15 is 0 Å². The van der Waals surface area contributed by atoms with E-state index in [2.05, 4.69) is 15.2 Å². The number of carbonyl (C=O) groups excluding carboxylic acids is 1. The van der Waals surface area contributed by atoms with Gasteiger partial charge in [0.2, 0.25) is 0 Å². The van der Waals surface area contributed by atoms with Gasteiger partial charge in [0.05, 0.1) is 11.0 Å². The standard InChI is InChI=1S/C16H21N3O3S/c20-12-4-8-19(9-5-12)7-2-6-17-16(21)14-15(22-11-18-14)13-3-1-10-23-13/h1,3,10-12,20H,2,4-9H2,(H,17,21). The lowest BCUT2D eigenvalue weighted by atomic mass is 10.1. The van der Waals surface area contributed by atoms with Crippen molar-refractivity contribution in [2.45, 2.75) is 25.4 Å². The first-order chi connectivity index (χ1) is 11.2. The average Bonchev–Trinajstić information content (AvgIpc) is 3.23. The van der Waals surface area contributed by atoms with Gasteiger partial charge < -0.3 is 19.7 Å². The highest BCUT2D eigenvalue weighted by molar-refractivity contribution is 7.13. The van der Waals surface area contributed by atoms with Crippen LogP contribution in [-0.2, 0) is 0 Å². The fraction of sp³-hybridized carbons (Fsp3) is 0.500. The number of likely N-dealkylation sites (tertiary alicyclic amines) is 1. The van der Waals surface area contributed by atoms with Gasteiger partial charge in [0.25, 0.3) is 5.91 Å². The molecule has 2 aromatic heterocycles. The minimum atomic E-state index is -0.198. The third kappa shape index (κ3) is 4.19. The summed E-state index contributed by atoms with van der Waals surface area (Å²) < 4.78 is 5.35. The number of hydrogen-bond donors (Lipinski definition) is 2. The van der Waals surface area contributed by atoms with Crippen LogP contribution in [0.2, 0.25) is 0 Å². The van der Waals surface area contributed by atoms with Crippen LogP contribution in [0.15, 0.2) is 28.3 Å². The van der Waals surface area contributed by atoms with Gasteiger partial charge in [-0.15, -0.1) is 11.3 Å². The van der Waals surface area contributed by atoms with Crippen LogP contribution in [0.1, 0.15) is 29.8 Å². The summed E-state index contributed by atoms with van der Waals surface area (Å²) in [5.41, 5.74) is 0.341. The van der Waals surface area contributed by atoms with E-state index < -0.39 is 0 Å². The molecule has 23 heavy (non-hydrogen) atoms. The van der Waals surface area contributed by atoms with Crippen LogP contribution in [0.4, 0.5) is 0 Å². The number of oxazole rings is 1. The van der Waals surface area contributed by atoms with Crippen LogP contribution < -0.4 is 5.32 Å². The van der Waals surface area contributed by atoms with Gasteiger partial charge in [-0.1, -0.05) is 6.07 Å². The number of nitrogens with one attached hydrogen (secondary N) is 1. The number of nitrogens with zero attached hydrogens (tertiary/aromatic N) is 2. The summed E-state index contributed by atoms with van der Waals surface area (Å²) in [7, 11) is 0. The number of aliphatic hydroxyl groups is 1. The smallest absolute Gasteiger partial charge is 0.273 e. The molecule has 0 spiro atoms. The number of aliphatic hydroxyl groups excluding tert-OH is 1. The molecule has 1 aliphatic heterocycles. The van der Waals surface area contributed by atoms with Crippen molar-refractivity contribution in [3.63, 3.8) is 0 Å². The second-order valence-electron chi connectivity index (χ2n) is 5.69. The first-order valence-electron chi connectivity index (χ1n) is 7.90. The normalized spacial score (nSPS) is 16.6. The van der Waals surface area contributed by atoms with Gasteiger partial charge in [-0.05, 0) is 37.3 Å². The van der Waals surface area contributed by atoms with Crippen molar-refractivity contribution in [2.75, 3.05) is 26.2 Å². The van der Waals surface area contributed by atoms with Crippen molar-refractivity contribution in [1.82, 2.24) is 15.2 Å². The van der Waals surface area contributed by atoms with E-state index in [4.69, 9.17) is 4.42 Å². The summed E-state index contributed by atoms with van der Waals surface area (Å²) in [6.45, 7) is 3.40. The largest absolute Gasteiger partial charge is 0.442 e. The fourth-order valence-electron chi connectivity index (χ4n) is 2.72. The Morgan fingerprint density at radius 2 is 2.30 bits per heavy atom. The number of amides is 1. The van der Waals surface area contributed by atoms with E-state index in [1.807, 2.05) is 17.5 Å². The number of carbonyl (C=O) groups is 1. The molecule has 0 bridgehead atoms. The van der Waals surface area contributed by atoms with Gasteiger partial charge in [0.15, 0.2) is 17.8 Å². The maximum Gasteiger partial charge on any atom is 0.273 e. The van der Waals surface area contributed by atoms with Gasteiger partial charge in [0.1, 0.15) is 0 Å². The zero-order valence-corrected chi connectivity index (χ0v) is 13.7. The Bertz CT molecular complexity index is 618. The van der Waals surface area contributed by atoms with E-state index in [9.17, 15) is 9.90 Å². The zero-order chi connectivity index (χ0) is 16.1. The highest BCUT2D eigenvalue weighted by Crippen LogP contribution is 2.27. The summed E-state index contributed by atoms with van der Waals surface area (Å²) in [6.07, 6.45) is 3.73. The van der Waals surface area contributed by atoms with E-state index in [1.165, 1.54) is 17.7 Å². The monoisotopic (exact) mass is 335 g/mol. The Balaban J connectivity index is 1.44. The average molecular weight is 335 g/mol. The van der Waals surface area contributed by atoms with Crippen molar-refractivity contribution < 1.29 is 14.3 Å². The lowest BCUT2D eigenvalue weighted by molar-refractivity contribution is 0.0816. The Labute approximate surface area is 139 Å². The van der Waals surface area contributed by atoms with Gasteiger partial charge in [0, 0.05) is 19.6 Å². The number of aromatic nitrogens is 1. The third-order valence-electron chi connectivity index (χ3n) is 4.02. The minimum absolute atomic E-state index is 0.145. The van der Waals surface area contributed by atoms with Gasteiger partial charge >= 0.3 is 0 Å². The molecule has 0 aromatic carbocycles. The fourth-order valence-corrected chi connectivity index (χ4v) is 3.43. The molecule has 1 aliphatic rings. The molecule has 0 saturated carbocycles. The summed E-state index contributed by atoms with van der Waals surface area (Å²) in [5, 5.41) is 14.3. The lowest BCUT2D eigenvalue weighted by Gasteiger charge is -2.29. The number of rotatable bonds is 6. The number of hydrogen-bond acceptors (Lipinski definition) is 6. The Hall–Kier alpha value is -1.70. The molecule has 124 valence electrons. The molecule has 3 heterocycles. The van der Waals surface area contributed by atoms with E-state index in [1.54, 1.807) is 0 Å². The highest BCUT2D eigenvalue weighted by atomic mass is 32.1. The first kappa shape index (κ1) is 16.2. The van der Waals surface area contributed by atoms with Gasteiger partial charge in [-0.2, -0.15) is 0 Å². The second kappa shape index (κ2) is 7.72. The molecule has 0 unspecified atom stereocenters. The topological polar surface area (TPSA) is 78.6 Å². The Morgan fingerprint density at radius 1 is 1.48 bits per heavy atom. The van der Waals surface area contributed by atoms with Crippen LogP contribution in [0.3, 0.4) is 0 Å². The molecular formula is C16H21N3O3S. The van der Waals surface area contributed by atoms with Gasteiger partial charge in [-0.3, -0.25) is 4.79 Å². The predicted octanol–water partition coefficient (Wildman–Crippen LogP) is 1.98. The molecule has 0 radical (unpaired) electrons. The summed E-state index contributed by atoms with van der Waals surface area (Å²) >= 11 is 1.52. The summed E-state index contributed by atoms with van der Waals surface area (Å²) in [6, 6.07) is 3.83. The molecule has 6 nitrogen and oxygen atoms in total. The van der Waals surface area contributed by atoms with Crippen LogP contribution >= 0.6 is 11.3 Å². The van der Waals surface area contributed by atoms with Crippen molar-refractivity contribution in [3.8, 4) is 10.6 Å². The highest BCUT2D eigenvalue weighted by Gasteiger charge is 2.19. The van der Waals surface area contributed by atoms with Crippen LogP contribution in [-0.4, -0.2) is 53.2 Å². The van der Waals surface area contributed by atoms with Crippen LogP contribution in [0.25, 0.3) is 10.6 Å². The molecule has 0 aliphatic carbocycles. The molecule has 2 aromatic rings. The van der Waals surface area contributed by atoms with Gasteiger partial charge in [-0.25, -0.2) is 4.98 Å². The maximum atomic E-state index is 12.2. The van der Waals surface area contributed by atoms with Crippen LogP contribution in [0, 0.1) is 0 Å². The first-order valence-corrected chi connectivity index (χ1v) is 8.78. The zero-order valence-electron chi connectivity index (χ0n) is 12.9. The van der Waals surface area contributed by atoms with Crippen molar-refractivity contribution in [1.29, 1.82) is 0 Å². The quantitative estimate of drug-likeness (QED) is 0.789. The summed E-state index contributed by atoms with van der Waals surface area (Å²) in [5.74, 6) is 0.332. The molecule has 1 saturated heterocycles. The van der Waals surface area contributed by atoms with Crippen molar-refractivity contribution in [3.05, 3.63) is 29.6 Å². The molecule has 7 heteroatoms. The molecule has 3 rings (SSSR count). The van der Waals surface area contributed by atoms with Crippen molar-refractivity contribution in [2.24, 2.45) is 0 Å². The van der Waals surface area contributed by atoms with Crippen LogP contribution in [0.5, 0.6) is 0 Å². The molecule has 2 N–H and O–H groups in total. The van der Waals surface area contributed by atoms with E-state index in [0.717, 1.165) is 43.8 Å². The number of piperidine rings is 1. The van der Waals surface area contributed by atoms with E-state index in [-0.39, 0.29) is 12.0 Å². The van der Waals surface area contributed by atoms with Crippen molar-refractivity contribution >= 4 is 17.2 Å². The third-order valence-corrected chi connectivity index (χ3v) is 4.89. The minimum Gasteiger partial charge on any atom is -0.442 e. The number of thiophene rings is 1. The molecule has 1 amide bonds. The SMILES string of the molecule is O=C(NCCCN1CCC(O)CC1)c1ncoc1-c1cccs1. The molecular weight excluding hydrogens is 314 g/mol. The molecule has 0 atom stereocenters. The maximum absolute atomic E-state index is 12.2.